The second-order valence-electron chi connectivity index (χ2n) is 3.43. The predicted octanol–water partition coefficient (Wildman–Crippen LogP) is 4.54. The number of benzene rings is 2. The molecule has 0 heterocycles. The van der Waals surface area contributed by atoms with Gasteiger partial charge in [-0.15, -0.1) is 0 Å². The number of rotatable bonds is 2. The molecule has 0 atom stereocenters. The van der Waals surface area contributed by atoms with Crippen molar-refractivity contribution in [1.29, 1.82) is 0 Å². The number of hydrogen-bond donors (Lipinski definition) is 0. The molecule has 0 unspecified atom stereocenters. The highest BCUT2D eigenvalue weighted by molar-refractivity contribution is 14.1. The molecule has 0 radical (unpaired) electrons. The predicted molar refractivity (Wildman–Crippen MR) is 73.4 cm³/mol. The largest absolute Gasteiger partial charge is 0.0843 e. The van der Waals surface area contributed by atoms with E-state index in [1.807, 2.05) is 12.1 Å². The van der Waals surface area contributed by atoms with Gasteiger partial charge in [0, 0.05) is 8.59 Å². The molecule has 76 valence electrons. The second kappa shape index (κ2) is 4.99. The lowest BCUT2D eigenvalue weighted by Gasteiger charge is -2.02. The summed E-state index contributed by atoms with van der Waals surface area (Å²) in [6, 6.07) is 16.6. The molecule has 0 fully saturated rings. The quantitative estimate of drug-likeness (QED) is 0.710. The Morgan fingerprint density at radius 2 is 1.27 bits per heavy atom. The maximum atomic E-state index is 5.83. The molecule has 2 aromatic carbocycles. The molecule has 0 N–H and O–H groups in total. The van der Waals surface area contributed by atoms with Crippen LogP contribution in [0.5, 0.6) is 0 Å². The van der Waals surface area contributed by atoms with Crippen molar-refractivity contribution < 1.29 is 0 Å². The molecule has 0 aliphatic carbocycles. The second-order valence-corrected chi connectivity index (χ2v) is 5.11. The van der Waals surface area contributed by atoms with E-state index in [4.69, 9.17) is 11.6 Å². The third-order valence-electron chi connectivity index (χ3n) is 2.23. The summed E-state index contributed by atoms with van der Waals surface area (Å²) in [5, 5.41) is 0.793. The van der Waals surface area contributed by atoms with Gasteiger partial charge in [-0.25, -0.2) is 0 Å². The van der Waals surface area contributed by atoms with Crippen molar-refractivity contribution in [3.8, 4) is 0 Å². The van der Waals surface area contributed by atoms with Crippen molar-refractivity contribution >= 4 is 34.2 Å². The summed E-state index contributed by atoms with van der Waals surface area (Å²) in [6.45, 7) is 0. The van der Waals surface area contributed by atoms with E-state index >= 15 is 0 Å². The van der Waals surface area contributed by atoms with Crippen LogP contribution in [0.25, 0.3) is 0 Å². The summed E-state index contributed by atoms with van der Waals surface area (Å²) < 4.78 is 1.27. The number of halogens is 2. The first-order valence-corrected chi connectivity index (χ1v) is 6.18. The summed E-state index contributed by atoms with van der Waals surface area (Å²) in [7, 11) is 0. The van der Waals surface area contributed by atoms with Gasteiger partial charge in [0.05, 0.1) is 0 Å². The van der Waals surface area contributed by atoms with Gasteiger partial charge in [-0.1, -0.05) is 35.9 Å². The molecule has 0 aromatic heterocycles. The highest BCUT2D eigenvalue weighted by atomic mass is 127. The lowest BCUT2D eigenvalue weighted by molar-refractivity contribution is 1.19. The van der Waals surface area contributed by atoms with E-state index < -0.39 is 0 Å². The highest BCUT2D eigenvalue weighted by Crippen LogP contribution is 2.14. The lowest BCUT2D eigenvalue weighted by atomic mass is 10.1. The molecular weight excluding hydrogens is 319 g/mol. The monoisotopic (exact) mass is 328 g/mol. The van der Waals surface area contributed by atoms with E-state index in [0.29, 0.717) is 0 Å². The maximum Gasteiger partial charge on any atom is 0.0406 e. The van der Waals surface area contributed by atoms with Gasteiger partial charge >= 0.3 is 0 Å². The maximum absolute atomic E-state index is 5.83. The van der Waals surface area contributed by atoms with Gasteiger partial charge in [0.25, 0.3) is 0 Å². The van der Waals surface area contributed by atoms with Crippen molar-refractivity contribution in [1.82, 2.24) is 0 Å². The molecule has 0 amide bonds. The molecule has 2 rings (SSSR count). The zero-order valence-corrected chi connectivity index (χ0v) is 11.0. The highest BCUT2D eigenvalue weighted by Gasteiger charge is 1.96. The summed E-state index contributed by atoms with van der Waals surface area (Å²) in [4.78, 5) is 0. The fraction of sp³-hybridized carbons (Fsp3) is 0.0769. The molecule has 2 heteroatoms. The molecule has 2 aromatic rings. The van der Waals surface area contributed by atoms with E-state index in [1.54, 1.807) is 0 Å². The Labute approximate surface area is 108 Å². The summed E-state index contributed by atoms with van der Waals surface area (Å²) in [6.07, 6.45) is 0.966. The molecule has 0 aliphatic rings. The molecule has 0 saturated heterocycles. The van der Waals surface area contributed by atoms with E-state index in [1.165, 1.54) is 14.7 Å². The topological polar surface area (TPSA) is 0 Å². The molecule has 0 saturated carbocycles. The van der Waals surface area contributed by atoms with Crippen LogP contribution in [0.3, 0.4) is 0 Å². The van der Waals surface area contributed by atoms with Crippen LogP contribution in [0.1, 0.15) is 11.1 Å². The standard InChI is InChI=1S/C13H10ClI/c14-12-5-1-10(2-6-12)9-11-3-7-13(15)8-4-11/h1-8H,9H2. The third kappa shape index (κ3) is 3.21. The Morgan fingerprint density at radius 1 is 0.800 bits per heavy atom. The molecular formula is C13H10ClI. The van der Waals surface area contributed by atoms with Gasteiger partial charge in [-0.3, -0.25) is 0 Å². The number of hydrogen-bond acceptors (Lipinski definition) is 0. The van der Waals surface area contributed by atoms with Crippen molar-refractivity contribution in [2.24, 2.45) is 0 Å². The smallest absolute Gasteiger partial charge is 0.0406 e. The fourth-order valence-electron chi connectivity index (χ4n) is 1.44. The summed E-state index contributed by atoms with van der Waals surface area (Å²) in [5.74, 6) is 0. The van der Waals surface area contributed by atoms with Crippen molar-refractivity contribution in [2.75, 3.05) is 0 Å². The van der Waals surface area contributed by atoms with E-state index in [2.05, 4.69) is 59.0 Å². The Kier molecular flexibility index (Phi) is 3.65. The minimum Gasteiger partial charge on any atom is -0.0843 e. The third-order valence-corrected chi connectivity index (χ3v) is 3.21. The Bertz CT molecular complexity index is 388. The Balaban J connectivity index is 2.15. The van der Waals surface area contributed by atoms with Crippen LogP contribution in [0.15, 0.2) is 48.5 Å². The average Bonchev–Trinajstić information content (AvgIpc) is 2.25. The van der Waals surface area contributed by atoms with E-state index in [0.717, 1.165) is 11.4 Å². The SMILES string of the molecule is Clc1ccc(Cc2ccc(I)cc2)cc1. The minimum atomic E-state index is 0.793. The minimum absolute atomic E-state index is 0.793. The van der Waals surface area contributed by atoms with Crippen LogP contribution in [-0.2, 0) is 6.42 Å². The van der Waals surface area contributed by atoms with Crippen LogP contribution in [-0.4, -0.2) is 0 Å². The zero-order valence-electron chi connectivity index (χ0n) is 8.08. The first-order chi connectivity index (χ1) is 7.24. The summed E-state index contributed by atoms with van der Waals surface area (Å²) in [5.41, 5.74) is 2.62. The molecule has 0 aliphatic heterocycles. The van der Waals surface area contributed by atoms with Crippen LogP contribution < -0.4 is 0 Å². The molecule has 0 nitrogen and oxygen atoms in total. The van der Waals surface area contributed by atoms with Gasteiger partial charge in [0.2, 0.25) is 0 Å². The lowest BCUT2D eigenvalue weighted by Crippen LogP contribution is -1.87. The van der Waals surface area contributed by atoms with Crippen LogP contribution in [0.4, 0.5) is 0 Å². The zero-order chi connectivity index (χ0) is 10.7. The molecule has 0 bridgehead atoms. The van der Waals surface area contributed by atoms with Gasteiger partial charge < -0.3 is 0 Å². The van der Waals surface area contributed by atoms with Gasteiger partial charge in [-0.05, 0) is 64.4 Å². The normalized spacial score (nSPS) is 10.3. The molecule has 15 heavy (non-hydrogen) atoms. The van der Waals surface area contributed by atoms with Crippen LogP contribution >= 0.6 is 34.2 Å². The van der Waals surface area contributed by atoms with Crippen molar-refractivity contribution in [2.45, 2.75) is 6.42 Å². The average molecular weight is 329 g/mol. The van der Waals surface area contributed by atoms with Crippen molar-refractivity contribution in [3.05, 3.63) is 68.3 Å². The Morgan fingerprint density at radius 3 is 1.80 bits per heavy atom. The van der Waals surface area contributed by atoms with Crippen molar-refractivity contribution in [3.63, 3.8) is 0 Å². The van der Waals surface area contributed by atoms with Crippen LogP contribution in [0, 0.1) is 3.57 Å². The first kappa shape index (κ1) is 11.0. The molecule has 0 spiro atoms. The Hall–Kier alpha value is -0.540. The van der Waals surface area contributed by atoms with Gasteiger partial charge in [-0.2, -0.15) is 0 Å². The fourth-order valence-corrected chi connectivity index (χ4v) is 1.93. The van der Waals surface area contributed by atoms with Gasteiger partial charge in [0.15, 0.2) is 0 Å². The summed E-state index contributed by atoms with van der Waals surface area (Å²) >= 11 is 8.15. The van der Waals surface area contributed by atoms with Gasteiger partial charge in [0.1, 0.15) is 0 Å². The van der Waals surface area contributed by atoms with E-state index in [-0.39, 0.29) is 0 Å². The van der Waals surface area contributed by atoms with Crippen LogP contribution in [0.2, 0.25) is 5.02 Å². The van der Waals surface area contributed by atoms with E-state index in [9.17, 15) is 0 Å². The first-order valence-electron chi connectivity index (χ1n) is 4.73.